The van der Waals surface area contributed by atoms with Crippen molar-refractivity contribution in [3.05, 3.63) is 46.0 Å². The van der Waals surface area contributed by atoms with E-state index in [9.17, 15) is 18.0 Å². The van der Waals surface area contributed by atoms with Crippen molar-refractivity contribution in [2.75, 3.05) is 6.54 Å². The molecule has 23 heavy (non-hydrogen) atoms. The van der Waals surface area contributed by atoms with Gasteiger partial charge in [0.05, 0.1) is 17.3 Å². The number of alkyl halides is 3. The van der Waals surface area contributed by atoms with Crippen LogP contribution >= 0.6 is 23.2 Å². The normalized spacial score (nSPS) is 11.1. The minimum atomic E-state index is -4.83. The monoisotopic (exact) mass is 361 g/mol. The van der Waals surface area contributed by atoms with E-state index in [-0.39, 0.29) is 22.3 Å². The number of rotatable bonds is 3. The van der Waals surface area contributed by atoms with Gasteiger partial charge in [0.1, 0.15) is 6.33 Å². The zero-order valence-corrected chi connectivity index (χ0v) is 12.8. The van der Waals surface area contributed by atoms with Crippen LogP contribution in [0, 0.1) is 12.3 Å². The molecule has 2 aromatic rings. The maximum Gasteiger partial charge on any atom is 0.434 e. The number of benzene rings is 1. The van der Waals surface area contributed by atoms with E-state index in [2.05, 4.69) is 16.2 Å². The molecule has 0 bridgehead atoms. The number of carbonyl (C=O) groups excluding carboxylic acids is 1. The molecule has 120 valence electrons. The first kappa shape index (κ1) is 17.2. The van der Waals surface area contributed by atoms with E-state index in [4.69, 9.17) is 29.6 Å². The maximum atomic E-state index is 13.4. The summed E-state index contributed by atoms with van der Waals surface area (Å²) in [5.74, 6) is 1.07. The van der Waals surface area contributed by atoms with Crippen LogP contribution < -0.4 is 5.32 Å². The van der Waals surface area contributed by atoms with Crippen molar-refractivity contribution in [2.45, 2.75) is 6.18 Å². The molecule has 9 heteroatoms. The molecular formula is C14H8Cl2F3N3O. The van der Waals surface area contributed by atoms with Crippen LogP contribution in [0.1, 0.15) is 16.2 Å². The summed E-state index contributed by atoms with van der Waals surface area (Å²) in [6.45, 7) is -0.218. The van der Waals surface area contributed by atoms with Crippen LogP contribution in [-0.4, -0.2) is 22.0 Å². The Bertz CT molecular complexity index is 794. The molecule has 4 nitrogen and oxygen atoms in total. The fourth-order valence-corrected chi connectivity index (χ4v) is 2.36. The maximum absolute atomic E-state index is 13.4. The number of carbonyl (C=O) groups is 1. The third kappa shape index (κ3) is 3.60. The van der Waals surface area contributed by atoms with Gasteiger partial charge in [-0.2, -0.15) is 13.2 Å². The van der Waals surface area contributed by atoms with Crippen LogP contribution in [-0.2, 0) is 6.18 Å². The Kier molecular flexibility index (Phi) is 4.88. The molecule has 0 saturated heterocycles. The third-order valence-corrected chi connectivity index (χ3v) is 3.31. The summed E-state index contributed by atoms with van der Waals surface area (Å²) in [7, 11) is 0. The summed E-state index contributed by atoms with van der Waals surface area (Å²) >= 11 is 11.7. The molecule has 1 amide bonds. The molecule has 0 fully saturated rings. The van der Waals surface area contributed by atoms with Gasteiger partial charge in [-0.3, -0.25) is 9.36 Å². The molecule has 1 aromatic heterocycles. The second-order valence-corrected chi connectivity index (χ2v) is 5.14. The van der Waals surface area contributed by atoms with Gasteiger partial charge in [0.15, 0.2) is 11.4 Å². The summed E-state index contributed by atoms with van der Waals surface area (Å²) < 4.78 is 40.8. The summed E-state index contributed by atoms with van der Waals surface area (Å²) in [6, 6.07) is 3.96. The van der Waals surface area contributed by atoms with E-state index in [1.54, 1.807) is 0 Å². The average Bonchev–Trinajstić information content (AvgIpc) is 2.89. The minimum Gasteiger partial charge on any atom is -0.340 e. The van der Waals surface area contributed by atoms with Gasteiger partial charge in [0.2, 0.25) is 0 Å². The van der Waals surface area contributed by atoms with Crippen molar-refractivity contribution in [2.24, 2.45) is 0 Å². The first-order valence-corrected chi connectivity index (χ1v) is 6.83. The lowest BCUT2D eigenvalue weighted by atomic mass is 10.2. The fraction of sp³-hybridized carbons (Fsp3) is 0.143. The Labute approximate surface area is 139 Å². The molecule has 0 saturated carbocycles. The molecular weight excluding hydrogens is 354 g/mol. The molecule has 0 aliphatic carbocycles. The zero-order chi connectivity index (χ0) is 17.2. The number of halogens is 5. The van der Waals surface area contributed by atoms with E-state index in [0.717, 1.165) is 6.33 Å². The topological polar surface area (TPSA) is 46.9 Å². The number of aromatic nitrogens is 2. The largest absolute Gasteiger partial charge is 0.434 e. The van der Waals surface area contributed by atoms with E-state index >= 15 is 0 Å². The van der Waals surface area contributed by atoms with Gasteiger partial charge >= 0.3 is 6.18 Å². The summed E-state index contributed by atoms with van der Waals surface area (Å²) in [6.07, 6.45) is 0.999. The van der Waals surface area contributed by atoms with Gasteiger partial charge < -0.3 is 5.32 Å². The van der Waals surface area contributed by atoms with Crippen LogP contribution in [0.4, 0.5) is 13.2 Å². The fourth-order valence-electron chi connectivity index (χ4n) is 1.86. The number of nitrogens with zero attached hydrogens (tertiary/aromatic N) is 2. The zero-order valence-electron chi connectivity index (χ0n) is 11.3. The van der Waals surface area contributed by atoms with Gasteiger partial charge in [-0.25, -0.2) is 4.98 Å². The Morgan fingerprint density at radius 3 is 2.65 bits per heavy atom. The molecule has 0 aliphatic heterocycles. The van der Waals surface area contributed by atoms with Gasteiger partial charge in [-0.1, -0.05) is 29.1 Å². The van der Waals surface area contributed by atoms with Crippen molar-refractivity contribution in [3.8, 4) is 18.0 Å². The van der Waals surface area contributed by atoms with E-state index in [1.165, 1.54) is 18.2 Å². The van der Waals surface area contributed by atoms with Crippen molar-refractivity contribution in [1.82, 2.24) is 14.9 Å². The number of terminal acetylenes is 1. The summed E-state index contributed by atoms with van der Waals surface area (Å²) in [5, 5.41) is 2.39. The second-order valence-electron chi connectivity index (χ2n) is 4.29. The van der Waals surface area contributed by atoms with Gasteiger partial charge in [0, 0.05) is 5.02 Å². The van der Waals surface area contributed by atoms with Crippen molar-refractivity contribution < 1.29 is 18.0 Å². The number of hydrogen-bond donors (Lipinski definition) is 1. The Hall–Kier alpha value is -2.17. The first-order chi connectivity index (χ1) is 10.8. The highest BCUT2D eigenvalue weighted by Gasteiger charge is 2.41. The van der Waals surface area contributed by atoms with Gasteiger partial charge in [-0.15, -0.1) is 6.42 Å². The average molecular weight is 362 g/mol. The highest BCUT2D eigenvalue weighted by molar-refractivity contribution is 6.35. The molecule has 0 unspecified atom stereocenters. The molecule has 1 aromatic carbocycles. The SMILES string of the molecule is C#CCNC(=O)c1ncn(-c2ccc(Cl)cc2Cl)c1C(F)(F)F. The van der Waals surface area contributed by atoms with Crippen LogP contribution in [0.2, 0.25) is 10.0 Å². The minimum absolute atomic E-state index is 0.00751. The molecule has 0 spiro atoms. The Balaban J connectivity index is 2.60. The highest BCUT2D eigenvalue weighted by atomic mass is 35.5. The molecule has 0 radical (unpaired) electrons. The van der Waals surface area contributed by atoms with E-state index in [0.29, 0.717) is 4.57 Å². The lowest BCUT2D eigenvalue weighted by Gasteiger charge is -2.14. The van der Waals surface area contributed by atoms with Crippen molar-refractivity contribution >= 4 is 29.1 Å². The van der Waals surface area contributed by atoms with E-state index in [1.807, 2.05) is 0 Å². The second kappa shape index (κ2) is 6.52. The smallest absolute Gasteiger partial charge is 0.340 e. The quantitative estimate of drug-likeness (QED) is 0.849. The number of hydrogen-bond acceptors (Lipinski definition) is 2. The predicted molar refractivity (Wildman–Crippen MR) is 79.8 cm³/mol. The van der Waals surface area contributed by atoms with Gasteiger partial charge in [-0.05, 0) is 18.2 Å². The Morgan fingerprint density at radius 2 is 2.09 bits per heavy atom. The highest BCUT2D eigenvalue weighted by Crippen LogP contribution is 2.35. The Morgan fingerprint density at radius 1 is 1.39 bits per heavy atom. The molecule has 1 N–H and O–H groups in total. The van der Waals surface area contributed by atoms with Crippen molar-refractivity contribution in [3.63, 3.8) is 0 Å². The summed E-state index contributed by atoms with van der Waals surface area (Å²) in [5.41, 5.74) is -2.05. The number of nitrogens with one attached hydrogen (secondary N) is 1. The number of imidazole rings is 1. The standard InChI is InChI=1S/C14H8Cl2F3N3O/c1-2-5-20-13(23)11-12(14(17,18)19)22(7-21-11)10-4-3-8(15)6-9(10)16/h1,3-4,6-7H,5H2,(H,20,23). The van der Waals surface area contributed by atoms with Crippen LogP contribution in [0.25, 0.3) is 5.69 Å². The molecule has 2 rings (SSSR count). The lowest BCUT2D eigenvalue weighted by molar-refractivity contribution is -0.142. The van der Waals surface area contributed by atoms with Crippen LogP contribution in [0.15, 0.2) is 24.5 Å². The predicted octanol–water partition coefficient (Wildman–Crippen LogP) is 3.56. The molecule has 0 aliphatic rings. The van der Waals surface area contributed by atoms with Gasteiger partial charge in [0.25, 0.3) is 5.91 Å². The summed E-state index contributed by atoms with van der Waals surface area (Å²) in [4.78, 5) is 15.4. The van der Waals surface area contributed by atoms with Crippen LogP contribution in [0.3, 0.4) is 0 Å². The molecule has 0 atom stereocenters. The first-order valence-electron chi connectivity index (χ1n) is 6.07. The van der Waals surface area contributed by atoms with Crippen LogP contribution in [0.5, 0.6) is 0 Å². The lowest BCUT2D eigenvalue weighted by Crippen LogP contribution is -2.27. The van der Waals surface area contributed by atoms with E-state index < -0.39 is 23.5 Å². The van der Waals surface area contributed by atoms with Crippen molar-refractivity contribution in [1.29, 1.82) is 0 Å². The molecule has 1 heterocycles. The number of amides is 1. The third-order valence-electron chi connectivity index (χ3n) is 2.77.